The van der Waals surface area contributed by atoms with E-state index in [1.165, 1.54) is 12.7 Å². The second-order valence-electron chi connectivity index (χ2n) is 6.60. The van der Waals surface area contributed by atoms with Crippen LogP contribution in [0.3, 0.4) is 0 Å². The lowest BCUT2D eigenvalue weighted by Crippen LogP contribution is -2.38. The third-order valence-corrected chi connectivity index (χ3v) is 5.46. The van der Waals surface area contributed by atoms with Crippen molar-refractivity contribution in [1.29, 1.82) is 0 Å². The number of nitrogens with zero attached hydrogens (tertiary/aromatic N) is 1. The van der Waals surface area contributed by atoms with Crippen LogP contribution in [0, 0.1) is 6.92 Å². The van der Waals surface area contributed by atoms with E-state index in [0.717, 1.165) is 35.2 Å². The fraction of sp³-hybridized carbons (Fsp3) is 0.300. The maximum Gasteiger partial charge on any atom is 0.337 e. The van der Waals surface area contributed by atoms with Crippen molar-refractivity contribution in [3.8, 4) is 0 Å². The van der Waals surface area contributed by atoms with Gasteiger partial charge in [-0.1, -0.05) is 18.2 Å². The van der Waals surface area contributed by atoms with Gasteiger partial charge in [0.2, 0.25) is 5.91 Å². The number of carbonyl (C=O) groups excluding carboxylic acids is 2. The molecule has 1 amide bonds. The van der Waals surface area contributed by atoms with Gasteiger partial charge in [0.25, 0.3) is 0 Å². The number of benzene rings is 2. The van der Waals surface area contributed by atoms with E-state index in [9.17, 15) is 9.59 Å². The van der Waals surface area contributed by atoms with E-state index in [-0.39, 0.29) is 11.9 Å². The Labute approximate surface area is 141 Å². The molecule has 1 aliphatic heterocycles. The summed E-state index contributed by atoms with van der Waals surface area (Å²) in [4.78, 5) is 27.0. The van der Waals surface area contributed by atoms with Crippen LogP contribution in [-0.4, -0.2) is 26.0 Å². The van der Waals surface area contributed by atoms with Crippen molar-refractivity contribution in [2.75, 3.05) is 19.1 Å². The molecule has 4 heteroatoms. The largest absolute Gasteiger partial charge is 0.465 e. The van der Waals surface area contributed by atoms with Crippen LogP contribution < -0.4 is 4.90 Å². The van der Waals surface area contributed by atoms with Crippen molar-refractivity contribution in [2.24, 2.45) is 0 Å². The summed E-state index contributed by atoms with van der Waals surface area (Å²) in [7, 11) is 3.18. The van der Waals surface area contributed by atoms with E-state index in [0.29, 0.717) is 5.56 Å². The van der Waals surface area contributed by atoms with Gasteiger partial charge in [-0.25, -0.2) is 4.79 Å². The summed E-state index contributed by atoms with van der Waals surface area (Å²) in [6, 6.07) is 11.6. The Kier molecular flexibility index (Phi) is 3.07. The van der Waals surface area contributed by atoms with Gasteiger partial charge in [-0.2, -0.15) is 0 Å². The minimum Gasteiger partial charge on any atom is -0.465 e. The number of anilines is 1. The van der Waals surface area contributed by atoms with Gasteiger partial charge >= 0.3 is 5.97 Å². The lowest BCUT2D eigenvalue weighted by molar-refractivity contribution is -0.121. The van der Waals surface area contributed by atoms with E-state index >= 15 is 0 Å². The molecule has 24 heavy (non-hydrogen) atoms. The molecule has 2 aromatic rings. The number of methoxy groups -OCH3 is 1. The van der Waals surface area contributed by atoms with Gasteiger partial charge in [-0.05, 0) is 60.2 Å². The average molecular weight is 321 g/mol. The van der Waals surface area contributed by atoms with Gasteiger partial charge in [-0.3, -0.25) is 4.79 Å². The minimum atomic E-state index is -0.672. The number of amides is 1. The molecule has 2 aromatic carbocycles. The highest BCUT2D eigenvalue weighted by atomic mass is 16.5. The zero-order valence-electron chi connectivity index (χ0n) is 14.1. The molecule has 1 heterocycles. The molecule has 0 radical (unpaired) electrons. The average Bonchev–Trinajstić information content (AvgIpc) is 3.09. The number of aryl methyl sites for hydroxylation is 2. The fourth-order valence-electron chi connectivity index (χ4n) is 4.40. The first kappa shape index (κ1) is 14.9. The van der Waals surface area contributed by atoms with Gasteiger partial charge in [0.05, 0.1) is 12.7 Å². The van der Waals surface area contributed by atoms with Gasteiger partial charge in [0, 0.05) is 12.7 Å². The number of fused-ring (bicyclic) bond motifs is 4. The van der Waals surface area contributed by atoms with E-state index in [2.05, 4.69) is 19.1 Å². The standard InChI is InChI=1S/C20H19NO3/c1-12-5-4-6-13-9-10-20(17(12)13)15-11-14(18(22)24-3)7-8-16(15)21(2)19(20)23/h4-8,11H,9-10H2,1-3H3. The van der Waals surface area contributed by atoms with E-state index in [1.807, 2.05) is 25.2 Å². The maximum atomic E-state index is 13.3. The zero-order valence-corrected chi connectivity index (χ0v) is 14.1. The number of carbonyl (C=O) groups is 2. The maximum absolute atomic E-state index is 13.3. The van der Waals surface area contributed by atoms with Crippen LogP contribution >= 0.6 is 0 Å². The van der Waals surface area contributed by atoms with Crippen LogP contribution in [0.5, 0.6) is 0 Å². The Hall–Kier alpha value is -2.62. The number of esters is 1. The molecular formula is C20H19NO3. The van der Waals surface area contributed by atoms with Crippen molar-refractivity contribution < 1.29 is 14.3 Å². The molecule has 0 N–H and O–H groups in total. The number of hydrogen-bond donors (Lipinski definition) is 0. The van der Waals surface area contributed by atoms with Crippen LogP contribution in [0.25, 0.3) is 0 Å². The molecule has 1 aliphatic carbocycles. The summed E-state index contributed by atoms with van der Waals surface area (Å²) in [6.45, 7) is 2.06. The first-order chi connectivity index (χ1) is 11.5. The summed E-state index contributed by atoms with van der Waals surface area (Å²) in [6.07, 6.45) is 1.62. The third-order valence-electron chi connectivity index (χ3n) is 5.46. The van der Waals surface area contributed by atoms with Crippen molar-refractivity contribution >= 4 is 17.6 Å². The van der Waals surface area contributed by atoms with Crippen LogP contribution in [-0.2, 0) is 21.4 Å². The summed E-state index contributed by atoms with van der Waals surface area (Å²) < 4.78 is 4.86. The van der Waals surface area contributed by atoms with Crippen LogP contribution in [0.2, 0.25) is 0 Å². The Morgan fingerprint density at radius 3 is 2.79 bits per heavy atom. The summed E-state index contributed by atoms with van der Waals surface area (Å²) in [5.74, 6) is -0.287. The van der Waals surface area contributed by atoms with E-state index in [1.54, 1.807) is 11.0 Å². The summed E-state index contributed by atoms with van der Waals surface area (Å²) in [5, 5.41) is 0. The molecule has 1 spiro atoms. The topological polar surface area (TPSA) is 46.6 Å². The first-order valence-electron chi connectivity index (χ1n) is 8.10. The predicted molar refractivity (Wildman–Crippen MR) is 91.5 cm³/mol. The number of likely N-dealkylation sites (N-methyl/N-ethyl adjacent to an activating group) is 1. The van der Waals surface area contributed by atoms with E-state index < -0.39 is 5.41 Å². The highest BCUT2D eigenvalue weighted by Gasteiger charge is 2.54. The Morgan fingerprint density at radius 2 is 2.04 bits per heavy atom. The highest BCUT2D eigenvalue weighted by molar-refractivity contribution is 6.11. The molecular weight excluding hydrogens is 302 g/mol. The Bertz CT molecular complexity index is 886. The van der Waals surface area contributed by atoms with Gasteiger partial charge in [0.1, 0.15) is 5.41 Å². The van der Waals surface area contributed by atoms with E-state index in [4.69, 9.17) is 4.74 Å². The molecule has 0 aromatic heterocycles. The predicted octanol–water partition coefficient (Wildman–Crippen LogP) is 2.99. The van der Waals surface area contributed by atoms with Crippen LogP contribution in [0.15, 0.2) is 36.4 Å². The molecule has 0 saturated heterocycles. The second-order valence-corrected chi connectivity index (χ2v) is 6.60. The molecule has 122 valence electrons. The molecule has 1 atom stereocenters. The molecule has 0 saturated carbocycles. The van der Waals surface area contributed by atoms with Crippen LogP contribution in [0.4, 0.5) is 5.69 Å². The van der Waals surface area contributed by atoms with Gasteiger partial charge in [0.15, 0.2) is 0 Å². The van der Waals surface area contributed by atoms with Gasteiger partial charge in [-0.15, -0.1) is 0 Å². The van der Waals surface area contributed by atoms with Crippen molar-refractivity contribution in [3.63, 3.8) is 0 Å². The van der Waals surface area contributed by atoms with Crippen molar-refractivity contribution in [1.82, 2.24) is 0 Å². The third kappa shape index (κ3) is 1.68. The molecule has 2 aliphatic rings. The molecule has 1 unspecified atom stereocenters. The number of ether oxygens (including phenoxy) is 1. The molecule has 0 fully saturated rings. The molecule has 0 bridgehead atoms. The van der Waals surface area contributed by atoms with Gasteiger partial charge < -0.3 is 9.64 Å². The zero-order chi connectivity index (χ0) is 17.1. The summed E-state index contributed by atoms with van der Waals surface area (Å²) in [5.41, 5.74) is 5.09. The Morgan fingerprint density at radius 1 is 1.25 bits per heavy atom. The minimum absolute atomic E-state index is 0.0903. The summed E-state index contributed by atoms with van der Waals surface area (Å²) >= 11 is 0. The first-order valence-corrected chi connectivity index (χ1v) is 8.10. The highest BCUT2D eigenvalue weighted by Crippen LogP contribution is 2.53. The quantitative estimate of drug-likeness (QED) is 0.759. The number of rotatable bonds is 1. The van der Waals surface area contributed by atoms with Crippen molar-refractivity contribution in [2.45, 2.75) is 25.2 Å². The molecule has 4 rings (SSSR count). The second kappa shape index (κ2) is 4.94. The van der Waals surface area contributed by atoms with Crippen LogP contribution in [0.1, 0.15) is 39.0 Å². The lowest BCUT2D eigenvalue weighted by atomic mass is 9.74. The Balaban J connectivity index is 2.01. The molecule has 4 nitrogen and oxygen atoms in total. The smallest absolute Gasteiger partial charge is 0.337 e. The normalized spacial score (nSPS) is 21.1. The monoisotopic (exact) mass is 321 g/mol. The fourth-order valence-corrected chi connectivity index (χ4v) is 4.40. The van der Waals surface area contributed by atoms with Crippen molar-refractivity contribution in [3.05, 3.63) is 64.2 Å². The number of hydrogen-bond acceptors (Lipinski definition) is 3. The lowest BCUT2D eigenvalue weighted by Gasteiger charge is -2.26. The SMILES string of the molecule is COC(=O)c1ccc2c(c1)C1(CCc3cccc(C)c31)C(=O)N2C.